The zero-order valence-electron chi connectivity index (χ0n) is 10.3. The van der Waals surface area contributed by atoms with Crippen LogP contribution in [0.3, 0.4) is 0 Å². The van der Waals surface area contributed by atoms with Crippen molar-refractivity contribution >= 4 is 11.3 Å². The molecule has 0 aromatic carbocycles. The Bertz CT molecular complexity index is 315. The molecule has 16 heavy (non-hydrogen) atoms. The summed E-state index contributed by atoms with van der Waals surface area (Å²) in [6.45, 7) is 6.63. The molecule has 3 heteroatoms. The average Bonchev–Trinajstić information content (AvgIpc) is 2.99. The summed E-state index contributed by atoms with van der Waals surface area (Å²) in [6.07, 6.45) is 5.30. The fourth-order valence-electron chi connectivity index (χ4n) is 1.77. The Morgan fingerprint density at radius 2 is 2.31 bits per heavy atom. The van der Waals surface area contributed by atoms with Crippen molar-refractivity contribution in [1.29, 1.82) is 0 Å². The Balaban J connectivity index is 1.61. The van der Waals surface area contributed by atoms with Crippen molar-refractivity contribution in [2.75, 3.05) is 6.54 Å². The molecule has 0 amide bonds. The van der Waals surface area contributed by atoms with E-state index in [-0.39, 0.29) is 0 Å². The summed E-state index contributed by atoms with van der Waals surface area (Å²) < 4.78 is 0. The Hall–Kier alpha value is -0.410. The molecule has 0 aliphatic heterocycles. The van der Waals surface area contributed by atoms with Crippen molar-refractivity contribution in [3.63, 3.8) is 0 Å². The molecule has 1 aliphatic carbocycles. The van der Waals surface area contributed by atoms with E-state index in [2.05, 4.69) is 29.5 Å². The molecule has 0 radical (unpaired) electrons. The van der Waals surface area contributed by atoms with Crippen LogP contribution in [-0.2, 0) is 6.54 Å². The van der Waals surface area contributed by atoms with E-state index in [1.165, 1.54) is 36.4 Å². The SMILES string of the molecule is CC(C)CCCNCc1csc(C2CC2)n1. The molecule has 2 nitrogen and oxygen atoms in total. The van der Waals surface area contributed by atoms with Gasteiger partial charge in [0.05, 0.1) is 10.7 Å². The maximum atomic E-state index is 4.66. The summed E-state index contributed by atoms with van der Waals surface area (Å²) in [7, 11) is 0. The Kier molecular flexibility index (Phi) is 4.36. The van der Waals surface area contributed by atoms with Gasteiger partial charge in [-0.3, -0.25) is 0 Å². The third kappa shape index (κ3) is 3.87. The van der Waals surface area contributed by atoms with Gasteiger partial charge in [0.15, 0.2) is 0 Å². The lowest BCUT2D eigenvalue weighted by molar-refractivity contribution is 0.526. The van der Waals surface area contributed by atoms with Crippen molar-refractivity contribution in [2.24, 2.45) is 5.92 Å². The van der Waals surface area contributed by atoms with Crippen molar-refractivity contribution in [2.45, 2.75) is 52.0 Å². The molecule has 0 spiro atoms. The largest absolute Gasteiger partial charge is 0.311 e. The van der Waals surface area contributed by atoms with Gasteiger partial charge in [-0.2, -0.15) is 0 Å². The van der Waals surface area contributed by atoms with Gasteiger partial charge in [-0.25, -0.2) is 4.98 Å². The summed E-state index contributed by atoms with van der Waals surface area (Å²) in [4.78, 5) is 4.66. The van der Waals surface area contributed by atoms with Crippen LogP contribution in [0.1, 0.15) is 56.2 Å². The summed E-state index contributed by atoms with van der Waals surface area (Å²) in [5.41, 5.74) is 1.23. The van der Waals surface area contributed by atoms with Gasteiger partial charge in [0.1, 0.15) is 0 Å². The van der Waals surface area contributed by atoms with Gasteiger partial charge >= 0.3 is 0 Å². The number of hydrogen-bond acceptors (Lipinski definition) is 3. The van der Waals surface area contributed by atoms with Gasteiger partial charge in [0.2, 0.25) is 0 Å². The zero-order chi connectivity index (χ0) is 11.4. The highest BCUT2D eigenvalue weighted by Gasteiger charge is 2.26. The standard InChI is InChI=1S/C13H22N2S/c1-10(2)4-3-7-14-8-12-9-16-13(15-12)11-5-6-11/h9-11,14H,3-8H2,1-2H3. The van der Waals surface area contributed by atoms with Crippen LogP contribution in [0.25, 0.3) is 0 Å². The van der Waals surface area contributed by atoms with Gasteiger partial charge in [-0.05, 0) is 38.1 Å². The third-order valence-electron chi connectivity index (χ3n) is 2.94. The molecular weight excluding hydrogens is 216 g/mol. The van der Waals surface area contributed by atoms with E-state index >= 15 is 0 Å². The minimum atomic E-state index is 0.805. The van der Waals surface area contributed by atoms with Crippen LogP contribution >= 0.6 is 11.3 Å². The van der Waals surface area contributed by atoms with Gasteiger partial charge in [-0.15, -0.1) is 11.3 Å². The predicted molar refractivity (Wildman–Crippen MR) is 69.9 cm³/mol. The number of nitrogens with one attached hydrogen (secondary N) is 1. The second-order valence-corrected chi connectivity index (χ2v) is 6.05. The van der Waals surface area contributed by atoms with E-state index in [9.17, 15) is 0 Å². The molecule has 1 fully saturated rings. The Morgan fingerprint density at radius 1 is 1.50 bits per heavy atom. The second kappa shape index (κ2) is 5.78. The van der Waals surface area contributed by atoms with Crippen molar-refractivity contribution in [3.8, 4) is 0 Å². The van der Waals surface area contributed by atoms with Crippen LogP contribution in [0.4, 0.5) is 0 Å². The number of nitrogens with zero attached hydrogens (tertiary/aromatic N) is 1. The second-order valence-electron chi connectivity index (χ2n) is 5.16. The smallest absolute Gasteiger partial charge is 0.0959 e. The highest BCUT2D eigenvalue weighted by atomic mass is 32.1. The summed E-state index contributed by atoms with van der Waals surface area (Å²) in [5.74, 6) is 1.63. The van der Waals surface area contributed by atoms with Gasteiger partial charge < -0.3 is 5.32 Å². The molecule has 0 saturated heterocycles. The molecule has 0 unspecified atom stereocenters. The zero-order valence-corrected chi connectivity index (χ0v) is 11.1. The number of thiazole rings is 1. The van der Waals surface area contributed by atoms with E-state index in [1.54, 1.807) is 0 Å². The average molecular weight is 238 g/mol. The number of hydrogen-bond donors (Lipinski definition) is 1. The van der Waals surface area contributed by atoms with Crippen molar-refractivity contribution in [1.82, 2.24) is 10.3 Å². The summed E-state index contributed by atoms with van der Waals surface area (Å²) >= 11 is 1.84. The molecule has 1 aromatic rings. The van der Waals surface area contributed by atoms with E-state index < -0.39 is 0 Å². The topological polar surface area (TPSA) is 24.9 Å². The molecule has 2 rings (SSSR count). The van der Waals surface area contributed by atoms with Crippen molar-refractivity contribution < 1.29 is 0 Å². The van der Waals surface area contributed by atoms with Gasteiger partial charge in [-0.1, -0.05) is 13.8 Å². The number of aromatic nitrogens is 1. The van der Waals surface area contributed by atoms with Crippen molar-refractivity contribution in [3.05, 3.63) is 16.1 Å². The van der Waals surface area contributed by atoms with Crippen LogP contribution in [0.5, 0.6) is 0 Å². The molecule has 0 bridgehead atoms. The molecule has 90 valence electrons. The minimum Gasteiger partial charge on any atom is -0.311 e. The molecule has 0 atom stereocenters. The number of rotatable bonds is 7. The fraction of sp³-hybridized carbons (Fsp3) is 0.769. The lowest BCUT2D eigenvalue weighted by Crippen LogP contribution is -2.15. The molecule has 1 aliphatic rings. The van der Waals surface area contributed by atoms with E-state index in [1.807, 2.05) is 11.3 Å². The van der Waals surface area contributed by atoms with Gasteiger partial charge in [0, 0.05) is 17.8 Å². The predicted octanol–water partition coefficient (Wildman–Crippen LogP) is 3.55. The Labute approximate surface area is 102 Å². The van der Waals surface area contributed by atoms with E-state index in [0.29, 0.717) is 0 Å². The molecule has 1 saturated carbocycles. The third-order valence-corrected chi connectivity index (χ3v) is 3.99. The van der Waals surface area contributed by atoms with E-state index in [4.69, 9.17) is 0 Å². The lowest BCUT2D eigenvalue weighted by atomic mass is 10.1. The van der Waals surface area contributed by atoms with Crippen LogP contribution < -0.4 is 5.32 Å². The molecule has 1 N–H and O–H groups in total. The monoisotopic (exact) mass is 238 g/mol. The normalized spacial score (nSPS) is 15.9. The quantitative estimate of drug-likeness (QED) is 0.735. The van der Waals surface area contributed by atoms with Crippen LogP contribution in [0.2, 0.25) is 0 Å². The summed E-state index contributed by atoms with van der Waals surface area (Å²) in [5, 5.41) is 7.05. The first-order chi connectivity index (χ1) is 7.75. The molecule has 1 aromatic heterocycles. The first-order valence-electron chi connectivity index (χ1n) is 6.40. The molecule has 1 heterocycles. The van der Waals surface area contributed by atoms with Gasteiger partial charge in [0.25, 0.3) is 0 Å². The van der Waals surface area contributed by atoms with Crippen LogP contribution in [0.15, 0.2) is 5.38 Å². The fourth-order valence-corrected chi connectivity index (χ4v) is 2.76. The first kappa shape index (κ1) is 12.1. The summed E-state index contributed by atoms with van der Waals surface area (Å²) in [6, 6.07) is 0. The van der Waals surface area contributed by atoms with E-state index in [0.717, 1.165) is 24.9 Å². The Morgan fingerprint density at radius 3 is 3.00 bits per heavy atom. The minimum absolute atomic E-state index is 0.805. The first-order valence-corrected chi connectivity index (χ1v) is 7.28. The highest BCUT2D eigenvalue weighted by Crippen LogP contribution is 2.41. The maximum Gasteiger partial charge on any atom is 0.0959 e. The lowest BCUT2D eigenvalue weighted by Gasteiger charge is -2.04. The van der Waals surface area contributed by atoms with Crippen LogP contribution in [0, 0.1) is 5.92 Å². The maximum absolute atomic E-state index is 4.66. The molecular formula is C13H22N2S. The van der Waals surface area contributed by atoms with Crippen LogP contribution in [-0.4, -0.2) is 11.5 Å². The highest BCUT2D eigenvalue weighted by molar-refractivity contribution is 7.09.